The summed E-state index contributed by atoms with van der Waals surface area (Å²) >= 11 is 0. The van der Waals surface area contributed by atoms with Crippen molar-refractivity contribution in [2.24, 2.45) is 0 Å². The van der Waals surface area contributed by atoms with Gasteiger partial charge in [0.15, 0.2) is 0 Å². The van der Waals surface area contributed by atoms with Gasteiger partial charge in [-0.25, -0.2) is 0 Å². The van der Waals surface area contributed by atoms with Crippen LogP contribution in [0.5, 0.6) is 0 Å². The summed E-state index contributed by atoms with van der Waals surface area (Å²) in [5.74, 6) is 0. The van der Waals surface area contributed by atoms with Crippen molar-refractivity contribution < 1.29 is 22.4 Å². The van der Waals surface area contributed by atoms with Crippen LogP contribution in [0.2, 0.25) is 0 Å². The molecule has 0 fully saturated rings. The van der Waals surface area contributed by atoms with E-state index < -0.39 is 0 Å². The van der Waals surface area contributed by atoms with Crippen LogP contribution in [0.15, 0.2) is 30.3 Å². The second-order valence-electron chi connectivity index (χ2n) is 1.65. The molecular weight excluding hydrogens is 240 g/mol. The van der Waals surface area contributed by atoms with Gasteiger partial charge in [-0.2, -0.15) is 0 Å². The van der Waals surface area contributed by atoms with E-state index in [0.717, 1.165) is 0 Å². The minimum atomic E-state index is 0. The Morgan fingerprint density at radius 1 is 0.750 bits per heavy atom. The monoisotopic (exact) mass is 259 g/mol. The van der Waals surface area contributed by atoms with Crippen LogP contribution in [0.3, 0.4) is 0 Å². The summed E-state index contributed by atoms with van der Waals surface area (Å²) in [6, 6.07) is 10.3. The summed E-state index contributed by atoms with van der Waals surface area (Å²) in [6.45, 7) is 10.1. The van der Waals surface area contributed by atoms with Crippen LogP contribution in [-0.4, -0.2) is 0 Å². The zero-order valence-electron chi connectivity index (χ0n) is 8.69. The number of benzene rings is 1. The summed E-state index contributed by atoms with van der Waals surface area (Å²) in [4.78, 5) is 0. The van der Waals surface area contributed by atoms with Gasteiger partial charge in [0, 0.05) is 22.4 Å². The van der Waals surface area contributed by atoms with E-state index in [1.165, 1.54) is 5.56 Å². The zero-order valence-corrected chi connectivity index (χ0v) is 10.2. The van der Waals surface area contributed by atoms with Crippen molar-refractivity contribution in [1.82, 2.24) is 0 Å². The predicted molar refractivity (Wildman–Crippen MR) is 53.9 cm³/mol. The SMILES string of the molecule is CC.CC.Cc1ccccc1.[Ag]. The summed E-state index contributed by atoms with van der Waals surface area (Å²) < 4.78 is 0. The number of hydrogen-bond donors (Lipinski definition) is 0. The molecule has 1 rings (SSSR count). The topological polar surface area (TPSA) is 0 Å². The minimum absolute atomic E-state index is 0. The first-order valence-electron chi connectivity index (χ1n) is 4.41. The molecule has 0 nitrogen and oxygen atoms in total. The number of rotatable bonds is 0. The van der Waals surface area contributed by atoms with Gasteiger partial charge in [0.1, 0.15) is 0 Å². The molecular formula is C11H20Ag. The van der Waals surface area contributed by atoms with Gasteiger partial charge in [-0.1, -0.05) is 63.6 Å². The molecule has 1 aromatic rings. The van der Waals surface area contributed by atoms with E-state index in [0.29, 0.717) is 0 Å². The number of hydrogen-bond acceptors (Lipinski definition) is 0. The molecule has 0 aliphatic carbocycles. The van der Waals surface area contributed by atoms with Crippen LogP contribution in [-0.2, 0) is 22.4 Å². The van der Waals surface area contributed by atoms with Crippen LogP contribution < -0.4 is 0 Å². The molecule has 0 aromatic heterocycles. The molecule has 0 aliphatic heterocycles. The summed E-state index contributed by atoms with van der Waals surface area (Å²) in [7, 11) is 0. The molecule has 0 aliphatic rings. The largest absolute Gasteiger partial charge is 0.0683 e. The maximum absolute atomic E-state index is 2.08. The van der Waals surface area contributed by atoms with E-state index in [-0.39, 0.29) is 22.4 Å². The van der Waals surface area contributed by atoms with Gasteiger partial charge in [-0.15, -0.1) is 0 Å². The average molecular weight is 260 g/mol. The third-order valence-corrected chi connectivity index (χ3v) is 0.940. The Balaban J connectivity index is -0.000000144. The van der Waals surface area contributed by atoms with E-state index in [4.69, 9.17) is 0 Å². The van der Waals surface area contributed by atoms with Crippen molar-refractivity contribution in [3.8, 4) is 0 Å². The molecule has 75 valence electrons. The Bertz CT molecular complexity index is 135. The Kier molecular flexibility index (Phi) is 25.6. The maximum atomic E-state index is 2.08. The zero-order chi connectivity index (χ0) is 9.11. The fraction of sp³-hybridized carbons (Fsp3) is 0.455. The summed E-state index contributed by atoms with van der Waals surface area (Å²) in [6.07, 6.45) is 0. The van der Waals surface area contributed by atoms with Crippen LogP contribution in [0.25, 0.3) is 0 Å². The van der Waals surface area contributed by atoms with E-state index in [1.54, 1.807) is 0 Å². The first-order chi connectivity index (χ1) is 5.39. The molecule has 0 spiro atoms. The first kappa shape index (κ1) is 17.9. The molecule has 1 aromatic carbocycles. The van der Waals surface area contributed by atoms with Crippen molar-refractivity contribution in [3.63, 3.8) is 0 Å². The second kappa shape index (κ2) is 17.2. The molecule has 0 saturated carbocycles. The van der Waals surface area contributed by atoms with Gasteiger partial charge in [0.05, 0.1) is 0 Å². The summed E-state index contributed by atoms with van der Waals surface area (Å²) in [5.41, 5.74) is 1.32. The third-order valence-electron chi connectivity index (χ3n) is 0.940. The molecule has 1 radical (unpaired) electrons. The van der Waals surface area contributed by atoms with Crippen molar-refractivity contribution >= 4 is 0 Å². The van der Waals surface area contributed by atoms with E-state index in [2.05, 4.69) is 19.1 Å². The van der Waals surface area contributed by atoms with E-state index >= 15 is 0 Å². The summed E-state index contributed by atoms with van der Waals surface area (Å²) in [5, 5.41) is 0. The van der Waals surface area contributed by atoms with Crippen LogP contribution in [0.4, 0.5) is 0 Å². The Morgan fingerprint density at radius 2 is 1.08 bits per heavy atom. The fourth-order valence-corrected chi connectivity index (χ4v) is 0.534. The van der Waals surface area contributed by atoms with Crippen molar-refractivity contribution in [1.29, 1.82) is 0 Å². The minimum Gasteiger partial charge on any atom is -0.0683 e. The van der Waals surface area contributed by atoms with Crippen LogP contribution >= 0.6 is 0 Å². The molecule has 0 heterocycles. The smallest absolute Gasteiger partial charge is 0 e. The molecule has 12 heavy (non-hydrogen) atoms. The van der Waals surface area contributed by atoms with Gasteiger partial charge in [-0.05, 0) is 6.92 Å². The normalized spacial score (nSPS) is 6.08. The maximum Gasteiger partial charge on any atom is 0 e. The molecule has 0 amide bonds. The van der Waals surface area contributed by atoms with Gasteiger partial charge >= 0.3 is 0 Å². The van der Waals surface area contributed by atoms with Crippen molar-refractivity contribution in [2.75, 3.05) is 0 Å². The number of aryl methyl sites for hydroxylation is 1. The molecule has 0 bridgehead atoms. The molecule has 0 atom stereocenters. The van der Waals surface area contributed by atoms with Gasteiger partial charge < -0.3 is 0 Å². The first-order valence-corrected chi connectivity index (χ1v) is 4.41. The molecule has 0 unspecified atom stereocenters. The molecule has 0 N–H and O–H groups in total. The molecule has 0 saturated heterocycles. The van der Waals surface area contributed by atoms with E-state index in [1.807, 2.05) is 45.9 Å². The second-order valence-corrected chi connectivity index (χ2v) is 1.65. The average Bonchev–Trinajstić information content (AvgIpc) is 2.13. The fourth-order valence-electron chi connectivity index (χ4n) is 0.534. The molecule has 1 heteroatoms. The van der Waals surface area contributed by atoms with Gasteiger partial charge in [0.25, 0.3) is 0 Å². The third kappa shape index (κ3) is 12.6. The Morgan fingerprint density at radius 3 is 1.25 bits per heavy atom. The van der Waals surface area contributed by atoms with Crippen LogP contribution in [0, 0.1) is 6.92 Å². The van der Waals surface area contributed by atoms with Gasteiger partial charge in [-0.3, -0.25) is 0 Å². The quantitative estimate of drug-likeness (QED) is 0.617. The van der Waals surface area contributed by atoms with Crippen molar-refractivity contribution in [2.45, 2.75) is 34.6 Å². The van der Waals surface area contributed by atoms with Crippen LogP contribution in [0.1, 0.15) is 33.3 Å². The predicted octanol–water partition coefficient (Wildman–Crippen LogP) is 4.04. The standard InChI is InChI=1S/C7H8.2C2H6.Ag/c1-7-5-3-2-4-6-7;2*1-2;/h2-6H,1H3;2*1-2H3;. The van der Waals surface area contributed by atoms with Gasteiger partial charge in [0.2, 0.25) is 0 Å². The van der Waals surface area contributed by atoms with E-state index in [9.17, 15) is 0 Å². The Labute approximate surface area is 92.9 Å². The Hall–Kier alpha value is -0.0397. The van der Waals surface area contributed by atoms with Crippen molar-refractivity contribution in [3.05, 3.63) is 35.9 Å².